The van der Waals surface area contributed by atoms with Gasteiger partial charge in [-0.15, -0.1) is 0 Å². The zero-order valence-electron chi connectivity index (χ0n) is 18.7. The van der Waals surface area contributed by atoms with E-state index >= 15 is 0 Å². The number of ketones is 1. The number of carbonyl (C=O) groups excluding carboxylic acids is 4. The molecule has 2 aromatic carbocycles. The predicted octanol–water partition coefficient (Wildman–Crippen LogP) is 3.60. The summed E-state index contributed by atoms with van der Waals surface area (Å²) >= 11 is 0. The Morgan fingerprint density at radius 3 is 2.37 bits per heavy atom. The molecule has 174 valence electrons. The van der Waals surface area contributed by atoms with Crippen LogP contribution in [0.15, 0.2) is 77.5 Å². The number of furan rings is 1. The zero-order valence-corrected chi connectivity index (χ0v) is 18.7. The van der Waals surface area contributed by atoms with E-state index in [-0.39, 0.29) is 17.5 Å². The van der Waals surface area contributed by atoms with Gasteiger partial charge >= 0.3 is 5.97 Å². The van der Waals surface area contributed by atoms with Crippen molar-refractivity contribution in [2.45, 2.75) is 19.0 Å². The van der Waals surface area contributed by atoms with Crippen LogP contribution in [-0.4, -0.2) is 34.5 Å². The highest BCUT2D eigenvalue weighted by Crippen LogP contribution is 2.53. The van der Waals surface area contributed by atoms with Gasteiger partial charge in [-0.05, 0) is 53.6 Å². The molecule has 0 bridgehead atoms. The van der Waals surface area contributed by atoms with Crippen LogP contribution in [0.3, 0.4) is 0 Å². The number of hydrogen-bond acceptors (Lipinski definition) is 7. The molecule has 2 fully saturated rings. The van der Waals surface area contributed by atoms with Gasteiger partial charge < -0.3 is 14.1 Å². The Morgan fingerprint density at radius 1 is 0.914 bits per heavy atom. The predicted molar refractivity (Wildman–Crippen MR) is 124 cm³/mol. The summed E-state index contributed by atoms with van der Waals surface area (Å²) in [5.74, 6) is -2.79. The molecule has 8 nitrogen and oxygen atoms in total. The number of nitrogens with zero attached hydrogens (tertiary/aromatic N) is 2. The van der Waals surface area contributed by atoms with Crippen LogP contribution in [0.5, 0.6) is 5.75 Å². The fraction of sp³-hybridized carbons (Fsp3) is 0.185. The molecule has 3 aromatic rings. The fourth-order valence-corrected chi connectivity index (χ4v) is 5.51. The highest BCUT2D eigenvalue weighted by Gasteiger charge is 2.64. The number of amides is 2. The molecule has 0 unspecified atom stereocenters. The van der Waals surface area contributed by atoms with Gasteiger partial charge in [-0.2, -0.15) is 0 Å². The first-order valence-corrected chi connectivity index (χ1v) is 11.2. The van der Waals surface area contributed by atoms with E-state index in [1.165, 1.54) is 25.3 Å². The second-order valence-electron chi connectivity index (χ2n) is 8.77. The number of esters is 1. The second kappa shape index (κ2) is 7.80. The molecule has 3 aliphatic heterocycles. The third-order valence-electron chi connectivity index (χ3n) is 6.85. The highest BCUT2D eigenvalue weighted by molar-refractivity contribution is 6.24. The summed E-state index contributed by atoms with van der Waals surface area (Å²) in [6, 6.07) is 15.7. The molecular weight excluding hydrogens is 448 g/mol. The van der Waals surface area contributed by atoms with E-state index in [1.54, 1.807) is 30.5 Å². The van der Waals surface area contributed by atoms with Crippen molar-refractivity contribution in [2.24, 2.45) is 11.8 Å². The summed E-state index contributed by atoms with van der Waals surface area (Å²) in [4.78, 5) is 55.4. The molecule has 6 rings (SSSR count). The number of rotatable bonds is 4. The number of Topliss-reactive ketones (excluding diaryl/α,β-unsaturated/α-hetero) is 1. The number of anilines is 1. The summed E-state index contributed by atoms with van der Waals surface area (Å²) in [6.45, 7) is 1.29. The Hall–Kier alpha value is -4.46. The van der Waals surface area contributed by atoms with Crippen LogP contribution in [0.25, 0.3) is 6.08 Å². The molecular formula is C27H20N2O6. The average Bonchev–Trinajstić information content (AvgIpc) is 3.56. The van der Waals surface area contributed by atoms with Crippen LogP contribution in [0, 0.1) is 11.8 Å². The molecule has 0 radical (unpaired) electrons. The first-order chi connectivity index (χ1) is 17.0. The standard InChI is InChI=1S/C27H20N2O6/c1-15(30)35-18-10-8-17(9-11-18)29-26(32)21-22(27(29)33)24(25(31)20-7-4-14-34-20)28-13-12-16-5-2-3-6-19(16)23(21)28/h2-14,21-24H,1H3/t21-,22+,23+,24-/m0/s1. The van der Waals surface area contributed by atoms with Crippen molar-refractivity contribution in [1.29, 1.82) is 0 Å². The summed E-state index contributed by atoms with van der Waals surface area (Å²) in [5, 5.41) is 0. The number of ether oxygens (including phenoxy) is 1. The number of fused-ring (bicyclic) bond motifs is 5. The van der Waals surface area contributed by atoms with Gasteiger partial charge in [0.2, 0.25) is 17.6 Å². The quantitative estimate of drug-likeness (QED) is 0.250. The molecule has 0 spiro atoms. The smallest absolute Gasteiger partial charge is 0.308 e. The van der Waals surface area contributed by atoms with Gasteiger partial charge in [0, 0.05) is 13.1 Å². The van der Waals surface area contributed by atoms with E-state index in [2.05, 4.69) is 0 Å². The lowest BCUT2D eigenvalue weighted by Gasteiger charge is -2.35. The van der Waals surface area contributed by atoms with Crippen LogP contribution in [-0.2, 0) is 14.4 Å². The molecule has 0 N–H and O–H groups in total. The van der Waals surface area contributed by atoms with Crippen molar-refractivity contribution in [1.82, 2.24) is 4.90 Å². The maximum atomic E-state index is 13.8. The summed E-state index contributed by atoms with van der Waals surface area (Å²) in [6.07, 6.45) is 5.11. The van der Waals surface area contributed by atoms with Gasteiger partial charge in [-0.3, -0.25) is 19.2 Å². The Balaban J connectivity index is 1.44. The van der Waals surface area contributed by atoms with Crippen molar-refractivity contribution in [3.05, 3.63) is 90.0 Å². The van der Waals surface area contributed by atoms with Gasteiger partial charge in [0.05, 0.1) is 29.8 Å². The van der Waals surface area contributed by atoms with Gasteiger partial charge in [-0.1, -0.05) is 24.3 Å². The summed E-state index contributed by atoms with van der Waals surface area (Å²) in [5.41, 5.74) is 2.21. The van der Waals surface area contributed by atoms with Crippen LogP contribution >= 0.6 is 0 Å². The van der Waals surface area contributed by atoms with Crippen LogP contribution in [0.2, 0.25) is 0 Å². The maximum Gasteiger partial charge on any atom is 0.308 e. The van der Waals surface area contributed by atoms with Crippen LogP contribution < -0.4 is 9.64 Å². The number of benzene rings is 2. The third-order valence-corrected chi connectivity index (χ3v) is 6.85. The Morgan fingerprint density at radius 2 is 1.66 bits per heavy atom. The molecule has 4 heterocycles. The lowest BCUT2D eigenvalue weighted by Crippen LogP contribution is -2.44. The monoisotopic (exact) mass is 468 g/mol. The first kappa shape index (κ1) is 21.1. The minimum atomic E-state index is -0.887. The van der Waals surface area contributed by atoms with Crippen molar-refractivity contribution >= 4 is 35.3 Å². The van der Waals surface area contributed by atoms with E-state index in [1.807, 2.05) is 35.2 Å². The van der Waals surface area contributed by atoms with Crippen LogP contribution in [0.1, 0.15) is 34.6 Å². The van der Waals surface area contributed by atoms with E-state index in [0.717, 1.165) is 16.0 Å². The minimum Gasteiger partial charge on any atom is -0.461 e. The van der Waals surface area contributed by atoms with Gasteiger partial charge in [-0.25, -0.2) is 4.90 Å². The summed E-state index contributed by atoms with van der Waals surface area (Å²) in [7, 11) is 0. The zero-order chi connectivity index (χ0) is 24.3. The molecule has 3 aliphatic rings. The number of carbonyl (C=O) groups is 4. The molecule has 2 amide bonds. The van der Waals surface area contributed by atoms with E-state index in [4.69, 9.17) is 9.15 Å². The van der Waals surface area contributed by atoms with Gasteiger partial charge in [0.1, 0.15) is 11.8 Å². The SMILES string of the molecule is CC(=O)Oc1ccc(N2C(=O)[C@@H]3[C@H](C2=O)[C@H]2c4ccccc4C=CN2[C@@H]3C(=O)c2ccco2)cc1. The van der Waals surface area contributed by atoms with Gasteiger partial charge in [0.15, 0.2) is 5.76 Å². The number of hydrogen-bond donors (Lipinski definition) is 0. The Kier molecular flexibility index (Phi) is 4.70. The normalized spacial score (nSPS) is 24.3. The lowest BCUT2D eigenvalue weighted by molar-refractivity contribution is -0.132. The van der Waals surface area contributed by atoms with Gasteiger partial charge in [0.25, 0.3) is 0 Å². The topological polar surface area (TPSA) is 97.1 Å². The fourth-order valence-electron chi connectivity index (χ4n) is 5.51. The van der Waals surface area contributed by atoms with E-state index in [9.17, 15) is 19.2 Å². The van der Waals surface area contributed by atoms with Crippen molar-refractivity contribution < 1.29 is 28.3 Å². The first-order valence-electron chi connectivity index (χ1n) is 11.2. The number of imide groups is 1. The largest absolute Gasteiger partial charge is 0.461 e. The van der Waals surface area contributed by atoms with Crippen molar-refractivity contribution in [3.8, 4) is 5.75 Å². The third kappa shape index (κ3) is 3.13. The maximum absolute atomic E-state index is 13.8. The van der Waals surface area contributed by atoms with E-state index in [0.29, 0.717) is 11.4 Å². The van der Waals surface area contributed by atoms with Crippen LogP contribution in [0.4, 0.5) is 5.69 Å². The second-order valence-corrected chi connectivity index (χ2v) is 8.77. The molecule has 2 saturated heterocycles. The van der Waals surface area contributed by atoms with Crippen molar-refractivity contribution in [3.63, 3.8) is 0 Å². The van der Waals surface area contributed by atoms with E-state index < -0.39 is 35.8 Å². The Bertz CT molecular complexity index is 1390. The lowest BCUT2D eigenvalue weighted by atomic mass is 9.84. The van der Waals surface area contributed by atoms with Crippen molar-refractivity contribution in [2.75, 3.05) is 4.90 Å². The molecule has 4 atom stereocenters. The average molecular weight is 468 g/mol. The summed E-state index contributed by atoms with van der Waals surface area (Å²) < 4.78 is 10.4. The molecule has 0 aliphatic carbocycles. The molecule has 1 aromatic heterocycles. The molecule has 0 saturated carbocycles. The minimum absolute atomic E-state index is 0.145. The molecule has 35 heavy (non-hydrogen) atoms. The highest BCUT2D eigenvalue weighted by atomic mass is 16.5. The molecule has 8 heteroatoms. The Labute approximate surface area is 200 Å².